The molecule has 0 bridgehead atoms. The lowest BCUT2D eigenvalue weighted by atomic mass is 10.0. The second-order valence-electron chi connectivity index (χ2n) is 5.86. The maximum atomic E-state index is 12.5. The summed E-state index contributed by atoms with van der Waals surface area (Å²) in [6.45, 7) is 4.16. The van der Waals surface area contributed by atoms with E-state index in [1.165, 1.54) is 0 Å². The van der Waals surface area contributed by atoms with E-state index in [9.17, 15) is 10.1 Å². The van der Waals surface area contributed by atoms with Gasteiger partial charge in [0.15, 0.2) is 11.6 Å². The Morgan fingerprint density at radius 3 is 2.60 bits per heavy atom. The van der Waals surface area contributed by atoms with E-state index in [4.69, 9.17) is 9.47 Å². The van der Waals surface area contributed by atoms with E-state index in [-0.39, 0.29) is 29.6 Å². The summed E-state index contributed by atoms with van der Waals surface area (Å²) in [5.41, 5.74) is 0.665. The van der Waals surface area contributed by atoms with Gasteiger partial charge in [0, 0.05) is 17.4 Å². The Balaban J connectivity index is 1.75. The number of hydrogen-bond acceptors (Lipinski definition) is 4. The zero-order valence-corrected chi connectivity index (χ0v) is 11.6. The molecule has 4 atom stereocenters. The molecule has 1 aromatic carbocycles. The minimum atomic E-state index is -0.617. The number of carbonyl (C=O) groups is 1. The molecule has 1 aromatic rings. The number of carbonyl (C=O) groups excluding carboxylic acids is 1. The molecule has 104 valence electrons. The van der Waals surface area contributed by atoms with E-state index < -0.39 is 5.79 Å². The molecule has 4 heteroatoms. The molecule has 2 fully saturated rings. The van der Waals surface area contributed by atoms with Gasteiger partial charge in [-0.25, -0.2) is 0 Å². The van der Waals surface area contributed by atoms with Crippen molar-refractivity contribution in [2.24, 2.45) is 17.8 Å². The smallest absolute Gasteiger partial charge is 0.167 e. The van der Waals surface area contributed by atoms with Gasteiger partial charge in [0.2, 0.25) is 0 Å². The molecule has 1 heterocycles. The van der Waals surface area contributed by atoms with Crippen molar-refractivity contribution >= 4 is 5.78 Å². The number of Topliss-reactive ketones (excluding diaryl/α,β-unsaturated/α-hetero) is 1. The first kappa shape index (κ1) is 13.3. The van der Waals surface area contributed by atoms with Gasteiger partial charge in [-0.1, -0.05) is 30.3 Å². The number of nitrogens with zero attached hydrogens (tertiary/aromatic N) is 1. The van der Waals surface area contributed by atoms with E-state index in [0.717, 1.165) is 0 Å². The quantitative estimate of drug-likeness (QED) is 0.792. The van der Waals surface area contributed by atoms with Crippen molar-refractivity contribution in [3.8, 4) is 6.07 Å². The maximum Gasteiger partial charge on any atom is 0.167 e. The van der Waals surface area contributed by atoms with Crippen LogP contribution in [0.4, 0.5) is 0 Å². The summed E-state index contributed by atoms with van der Waals surface area (Å²) in [4.78, 5) is 12.5. The first-order valence-corrected chi connectivity index (χ1v) is 6.84. The van der Waals surface area contributed by atoms with E-state index in [1.54, 1.807) is 12.1 Å². The third kappa shape index (κ3) is 2.24. The molecule has 2 aliphatic rings. The Kier molecular flexibility index (Phi) is 3.12. The number of rotatable bonds is 3. The minimum absolute atomic E-state index is 0.0375. The summed E-state index contributed by atoms with van der Waals surface area (Å²) in [5.74, 6) is -1.15. The second-order valence-corrected chi connectivity index (χ2v) is 5.86. The minimum Gasteiger partial charge on any atom is -0.348 e. The lowest BCUT2D eigenvalue weighted by molar-refractivity contribution is -0.141. The van der Waals surface area contributed by atoms with Gasteiger partial charge in [-0.3, -0.25) is 4.79 Å². The van der Waals surface area contributed by atoms with Crippen LogP contribution in [0.15, 0.2) is 30.3 Å². The molecule has 20 heavy (non-hydrogen) atoms. The normalized spacial score (nSPS) is 34.5. The Morgan fingerprint density at radius 1 is 1.35 bits per heavy atom. The highest BCUT2D eigenvalue weighted by atomic mass is 16.7. The van der Waals surface area contributed by atoms with Gasteiger partial charge in [0.1, 0.15) is 0 Å². The van der Waals surface area contributed by atoms with Crippen molar-refractivity contribution < 1.29 is 14.3 Å². The fourth-order valence-corrected chi connectivity index (χ4v) is 3.00. The Morgan fingerprint density at radius 2 is 2.05 bits per heavy atom. The number of ether oxygens (including phenoxy) is 2. The van der Waals surface area contributed by atoms with Gasteiger partial charge in [-0.05, 0) is 13.8 Å². The molecule has 0 radical (unpaired) electrons. The predicted octanol–water partition coefficient (Wildman–Crippen LogP) is 2.41. The molecule has 1 saturated carbocycles. The highest BCUT2D eigenvalue weighted by Gasteiger charge is 2.61. The average Bonchev–Trinajstić information content (AvgIpc) is 3.07. The van der Waals surface area contributed by atoms with Crippen molar-refractivity contribution in [1.82, 2.24) is 0 Å². The van der Waals surface area contributed by atoms with Crippen LogP contribution < -0.4 is 0 Å². The van der Waals surface area contributed by atoms with Crippen molar-refractivity contribution in [2.75, 3.05) is 6.61 Å². The van der Waals surface area contributed by atoms with Crippen LogP contribution in [-0.2, 0) is 9.47 Å². The second kappa shape index (κ2) is 4.69. The van der Waals surface area contributed by atoms with Gasteiger partial charge in [-0.2, -0.15) is 5.26 Å². The number of ketones is 1. The molecule has 1 aliphatic carbocycles. The highest BCUT2D eigenvalue weighted by molar-refractivity contribution is 6.00. The molecular formula is C16H17NO3. The predicted molar refractivity (Wildman–Crippen MR) is 71.8 cm³/mol. The molecule has 0 amide bonds. The van der Waals surface area contributed by atoms with Gasteiger partial charge in [0.05, 0.1) is 24.7 Å². The van der Waals surface area contributed by atoms with Gasteiger partial charge >= 0.3 is 0 Å². The van der Waals surface area contributed by atoms with Crippen molar-refractivity contribution in [3.63, 3.8) is 0 Å². The zero-order chi connectivity index (χ0) is 14.3. The Hall–Kier alpha value is -1.70. The van der Waals surface area contributed by atoms with Crippen LogP contribution in [0, 0.1) is 29.1 Å². The fourth-order valence-electron chi connectivity index (χ4n) is 3.00. The largest absolute Gasteiger partial charge is 0.348 e. The van der Waals surface area contributed by atoms with Gasteiger partial charge < -0.3 is 9.47 Å². The van der Waals surface area contributed by atoms with Crippen LogP contribution in [0.1, 0.15) is 24.2 Å². The molecule has 0 spiro atoms. The summed E-state index contributed by atoms with van der Waals surface area (Å²) in [6, 6.07) is 11.4. The van der Waals surface area contributed by atoms with E-state index in [2.05, 4.69) is 6.07 Å². The van der Waals surface area contributed by atoms with Gasteiger partial charge in [0.25, 0.3) is 0 Å². The van der Waals surface area contributed by atoms with Crippen molar-refractivity contribution in [3.05, 3.63) is 35.9 Å². The van der Waals surface area contributed by atoms with Gasteiger partial charge in [-0.15, -0.1) is 0 Å². The monoisotopic (exact) mass is 271 g/mol. The molecule has 4 nitrogen and oxygen atoms in total. The summed E-state index contributed by atoms with van der Waals surface area (Å²) in [6.07, 6.45) is -0.160. The summed E-state index contributed by atoms with van der Waals surface area (Å²) in [5, 5.41) is 9.23. The third-order valence-corrected chi connectivity index (χ3v) is 4.05. The Labute approximate surface area is 118 Å². The molecule has 1 saturated heterocycles. The lowest BCUT2D eigenvalue weighted by Crippen LogP contribution is -2.23. The van der Waals surface area contributed by atoms with E-state index in [0.29, 0.717) is 12.2 Å². The SMILES string of the molecule is CC1(C)OC[C@@H]([C@@H]2[C@@H](C#N)[C@H]2C(=O)c2ccccc2)O1. The molecule has 0 N–H and O–H groups in total. The van der Waals surface area contributed by atoms with Crippen LogP contribution in [0.3, 0.4) is 0 Å². The van der Waals surface area contributed by atoms with Crippen LogP contribution >= 0.6 is 0 Å². The highest BCUT2D eigenvalue weighted by Crippen LogP contribution is 2.52. The molecule has 3 rings (SSSR count). The first-order chi connectivity index (χ1) is 9.53. The standard InChI is InChI=1S/C16H17NO3/c1-16(2)19-9-12(20-16)13-11(8-17)14(13)15(18)10-6-4-3-5-7-10/h3-7,11-14H,9H2,1-2H3/t11-,12+,13+,14-/m1/s1. The summed E-state index contributed by atoms with van der Waals surface area (Å²) < 4.78 is 11.3. The Bertz CT molecular complexity index is 561. The number of hydrogen-bond donors (Lipinski definition) is 0. The molecule has 1 aliphatic heterocycles. The summed E-state index contributed by atoms with van der Waals surface area (Å²) >= 11 is 0. The molecule has 0 unspecified atom stereocenters. The van der Waals surface area contributed by atoms with Crippen molar-refractivity contribution in [1.29, 1.82) is 5.26 Å². The van der Waals surface area contributed by atoms with Crippen LogP contribution in [0.5, 0.6) is 0 Å². The van der Waals surface area contributed by atoms with Crippen LogP contribution in [0.25, 0.3) is 0 Å². The van der Waals surface area contributed by atoms with Crippen LogP contribution in [0.2, 0.25) is 0 Å². The average molecular weight is 271 g/mol. The fraction of sp³-hybridized carbons (Fsp3) is 0.500. The number of benzene rings is 1. The molecular weight excluding hydrogens is 254 g/mol. The number of nitriles is 1. The topological polar surface area (TPSA) is 59.3 Å². The van der Waals surface area contributed by atoms with E-state index >= 15 is 0 Å². The first-order valence-electron chi connectivity index (χ1n) is 6.84. The van der Waals surface area contributed by atoms with Crippen molar-refractivity contribution in [2.45, 2.75) is 25.7 Å². The lowest BCUT2D eigenvalue weighted by Gasteiger charge is -2.17. The van der Waals surface area contributed by atoms with Crippen LogP contribution in [-0.4, -0.2) is 24.3 Å². The molecule has 0 aromatic heterocycles. The van der Waals surface area contributed by atoms with E-state index in [1.807, 2.05) is 32.0 Å². The zero-order valence-electron chi connectivity index (χ0n) is 11.6. The third-order valence-electron chi connectivity index (χ3n) is 4.05. The summed E-state index contributed by atoms with van der Waals surface area (Å²) in [7, 11) is 0. The maximum absolute atomic E-state index is 12.5.